The zero-order valence-electron chi connectivity index (χ0n) is 13.4. The predicted molar refractivity (Wildman–Crippen MR) is 98.2 cm³/mol. The molecule has 0 spiro atoms. The SMILES string of the molecule is O=C(c1cccnc1)N1CCC(c2nc3cc(Cl)c(Cl)cc3[nH]2)CC1. The first-order valence-corrected chi connectivity index (χ1v) is 8.91. The summed E-state index contributed by atoms with van der Waals surface area (Å²) in [7, 11) is 0. The number of piperidine rings is 1. The van der Waals surface area contributed by atoms with Gasteiger partial charge in [0, 0.05) is 31.4 Å². The molecular formula is C18H16Cl2N4O. The summed E-state index contributed by atoms with van der Waals surface area (Å²) in [5.74, 6) is 1.26. The number of hydrogen-bond acceptors (Lipinski definition) is 3. The lowest BCUT2D eigenvalue weighted by Gasteiger charge is -2.31. The second-order valence-corrected chi connectivity index (χ2v) is 7.03. The fourth-order valence-corrected chi connectivity index (χ4v) is 3.57. The van der Waals surface area contributed by atoms with Gasteiger partial charge in [-0.05, 0) is 37.1 Å². The summed E-state index contributed by atoms with van der Waals surface area (Å²) in [4.78, 5) is 26.4. The first kappa shape index (κ1) is 16.4. The molecule has 3 heterocycles. The molecule has 0 bridgehead atoms. The average molecular weight is 375 g/mol. The van der Waals surface area contributed by atoms with Crippen LogP contribution in [-0.2, 0) is 0 Å². The number of rotatable bonds is 2. The number of imidazole rings is 1. The molecule has 4 rings (SSSR count). The number of amides is 1. The maximum absolute atomic E-state index is 12.5. The Labute approximate surface area is 155 Å². The van der Waals surface area contributed by atoms with Gasteiger partial charge in [0.15, 0.2) is 0 Å². The van der Waals surface area contributed by atoms with E-state index < -0.39 is 0 Å². The Kier molecular flexibility index (Phi) is 4.36. The first-order valence-electron chi connectivity index (χ1n) is 8.16. The van der Waals surface area contributed by atoms with Gasteiger partial charge in [0.2, 0.25) is 0 Å². The molecule has 1 aromatic carbocycles. The zero-order chi connectivity index (χ0) is 17.4. The number of nitrogens with zero attached hydrogens (tertiary/aromatic N) is 3. The molecule has 7 heteroatoms. The average Bonchev–Trinajstić information content (AvgIpc) is 3.05. The second-order valence-electron chi connectivity index (χ2n) is 6.21. The van der Waals surface area contributed by atoms with Crippen LogP contribution in [0.5, 0.6) is 0 Å². The van der Waals surface area contributed by atoms with Gasteiger partial charge in [-0.15, -0.1) is 0 Å². The number of fused-ring (bicyclic) bond motifs is 1. The molecule has 0 radical (unpaired) electrons. The lowest BCUT2D eigenvalue weighted by atomic mass is 9.96. The number of carbonyl (C=O) groups is 1. The van der Waals surface area contributed by atoms with E-state index in [1.807, 2.05) is 4.90 Å². The van der Waals surface area contributed by atoms with Crippen molar-refractivity contribution >= 4 is 40.1 Å². The van der Waals surface area contributed by atoms with Crippen LogP contribution < -0.4 is 0 Å². The van der Waals surface area contributed by atoms with E-state index >= 15 is 0 Å². The summed E-state index contributed by atoms with van der Waals surface area (Å²) < 4.78 is 0. The summed E-state index contributed by atoms with van der Waals surface area (Å²) in [6.07, 6.45) is 5.02. The van der Waals surface area contributed by atoms with E-state index in [0.717, 1.165) is 29.7 Å². The van der Waals surface area contributed by atoms with Crippen molar-refractivity contribution in [1.82, 2.24) is 19.9 Å². The second kappa shape index (κ2) is 6.65. The standard InChI is InChI=1S/C18H16Cl2N4O/c19-13-8-15-16(9-14(13)20)23-17(22-15)11-3-6-24(7-4-11)18(25)12-2-1-5-21-10-12/h1-2,5,8-11H,3-4,6-7H2,(H,22,23). The molecule has 0 aliphatic carbocycles. The highest BCUT2D eigenvalue weighted by Gasteiger charge is 2.26. The van der Waals surface area contributed by atoms with Gasteiger partial charge in [-0.25, -0.2) is 4.98 Å². The minimum absolute atomic E-state index is 0.0368. The lowest BCUT2D eigenvalue weighted by molar-refractivity contribution is 0.0711. The Morgan fingerprint density at radius 1 is 1.20 bits per heavy atom. The van der Waals surface area contributed by atoms with Crippen LogP contribution in [-0.4, -0.2) is 38.8 Å². The number of benzene rings is 1. The Morgan fingerprint density at radius 2 is 1.96 bits per heavy atom. The van der Waals surface area contributed by atoms with Crippen LogP contribution in [0, 0.1) is 0 Å². The fourth-order valence-electron chi connectivity index (χ4n) is 3.25. The van der Waals surface area contributed by atoms with Gasteiger partial charge in [-0.3, -0.25) is 9.78 Å². The first-order chi connectivity index (χ1) is 12.1. The van der Waals surface area contributed by atoms with Crippen LogP contribution in [0.2, 0.25) is 10.0 Å². The van der Waals surface area contributed by atoms with Crippen LogP contribution in [0.25, 0.3) is 11.0 Å². The van der Waals surface area contributed by atoms with Crippen LogP contribution in [0.4, 0.5) is 0 Å². The van der Waals surface area contributed by atoms with Crippen molar-refractivity contribution in [2.45, 2.75) is 18.8 Å². The number of likely N-dealkylation sites (tertiary alicyclic amines) is 1. The highest BCUT2D eigenvalue weighted by molar-refractivity contribution is 6.42. The summed E-state index contributed by atoms with van der Waals surface area (Å²) in [5.41, 5.74) is 2.34. The van der Waals surface area contributed by atoms with Gasteiger partial charge in [-0.1, -0.05) is 23.2 Å². The van der Waals surface area contributed by atoms with Crippen molar-refractivity contribution in [3.63, 3.8) is 0 Å². The Morgan fingerprint density at radius 3 is 2.68 bits per heavy atom. The monoisotopic (exact) mass is 374 g/mol. The molecule has 0 atom stereocenters. The normalized spacial score (nSPS) is 15.7. The predicted octanol–water partition coefficient (Wildman–Crippen LogP) is 4.28. The molecule has 1 aliphatic rings. The molecule has 128 valence electrons. The van der Waals surface area contributed by atoms with Crippen LogP contribution in [0.1, 0.15) is 34.9 Å². The van der Waals surface area contributed by atoms with Crippen molar-refractivity contribution in [3.8, 4) is 0 Å². The summed E-state index contributed by atoms with van der Waals surface area (Å²) in [5, 5.41) is 1.02. The van der Waals surface area contributed by atoms with Crippen molar-refractivity contribution in [2.24, 2.45) is 0 Å². The van der Waals surface area contributed by atoms with Gasteiger partial charge in [-0.2, -0.15) is 0 Å². The number of aromatic amines is 1. The molecule has 25 heavy (non-hydrogen) atoms. The molecule has 1 fully saturated rings. The Bertz CT molecular complexity index is 878. The quantitative estimate of drug-likeness (QED) is 0.727. The highest BCUT2D eigenvalue weighted by atomic mass is 35.5. The molecule has 1 aliphatic heterocycles. The van der Waals surface area contributed by atoms with Gasteiger partial charge in [0.05, 0.1) is 26.6 Å². The van der Waals surface area contributed by atoms with Crippen LogP contribution in [0.3, 0.4) is 0 Å². The number of carbonyl (C=O) groups excluding carboxylic acids is 1. The van der Waals surface area contributed by atoms with E-state index in [1.165, 1.54) is 0 Å². The summed E-state index contributed by atoms with van der Waals surface area (Å²) >= 11 is 12.1. The van der Waals surface area contributed by atoms with Crippen molar-refractivity contribution in [2.75, 3.05) is 13.1 Å². The third-order valence-corrected chi connectivity index (χ3v) is 5.34. The number of aromatic nitrogens is 3. The molecule has 1 N–H and O–H groups in total. The number of halogens is 2. The lowest BCUT2D eigenvalue weighted by Crippen LogP contribution is -2.38. The molecule has 5 nitrogen and oxygen atoms in total. The maximum atomic E-state index is 12.5. The van der Waals surface area contributed by atoms with Gasteiger partial charge in [0.25, 0.3) is 5.91 Å². The summed E-state index contributed by atoms with van der Waals surface area (Å²) in [6.45, 7) is 1.41. The minimum Gasteiger partial charge on any atom is -0.342 e. The fraction of sp³-hybridized carbons (Fsp3) is 0.278. The molecule has 0 saturated carbocycles. The number of H-pyrrole nitrogens is 1. The maximum Gasteiger partial charge on any atom is 0.255 e. The molecule has 0 unspecified atom stereocenters. The van der Waals surface area contributed by atoms with Gasteiger partial charge >= 0.3 is 0 Å². The third-order valence-electron chi connectivity index (χ3n) is 4.62. The topological polar surface area (TPSA) is 61.9 Å². The van der Waals surface area contributed by atoms with Crippen LogP contribution >= 0.6 is 23.2 Å². The smallest absolute Gasteiger partial charge is 0.255 e. The highest BCUT2D eigenvalue weighted by Crippen LogP contribution is 2.31. The largest absolute Gasteiger partial charge is 0.342 e. The molecular weight excluding hydrogens is 359 g/mol. The molecule has 1 saturated heterocycles. The number of nitrogens with one attached hydrogen (secondary N) is 1. The molecule has 1 amide bonds. The van der Waals surface area contributed by atoms with E-state index in [1.54, 1.807) is 36.7 Å². The van der Waals surface area contributed by atoms with E-state index in [2.05, 4.69) is 15.0 Å². The van der Waals surface area contributed by atoms with E-state index in [0.29, 0.717) is 34.6 Å². The van der Waals surface area contributed by atoms with Gasteiger partial charge in [0.1, 0.15) is 5.82 Å². The summed E-state index contributed by atoms with van der Waals surface area (Å²) in [6, 6.07) is 7.16. The third kappa shape index (κ3) is 3.22. The van der Waals surface area contributed by atoms with Crippen molar-refractivity contribution in [1.29, 1.82) is 0 Å². The Balaban J connectivity index is 1.48. The van der Waals surface area contributed by atoms with E-state index in [-0.39, 0.29) is 5.91 Å². The molecule has 3 aromatic rings. The minimum atomic E-state index is 0.0368. The molecule has 2 aromatic heterocycles. The van der Waals surface area contributed by atoms with Crippen molar-refractivity contribution in [3.05, 3.63) is 58.1 Å². The number of pyridine rings is 1. The van der Waals surface area contributed by atoms with Crippen molar-refractivity contribution < 1.29 is 4.79 Å². The number of hydrogen-bond donors (Lipinski definition) is 1. The Hall–Kier alpha value is -2.11. The zero-order valence-corrected chi connectivity index (χ0v) is 14.9. The van der Waals surface area contributed by atoms with Gasteiger partial charge < -0.3 is 9.88 Å². The van der Waals surface area contributed by atoms with E-state index in [9.17, 15) is 4.79 Å². The van der Waals surface area contributed by atoms with E-state index in [4.69, 9.17) is 23.2 Å². The van der Waals surface area contributed by atoms with Crippen LogP contribution in [0.15, 0.2) is 36.7 Å².